The summed E-state index contributed by atoms with van der Waals surface area (Å²) in [5, 5.41) is 7.46. The van der Waals surface area contributed by atoms with Gasteiger partial charge in [0.1, 0.15) is 11.6 Å². The van der Waals surface area contributed by atoms with Crippen LogP contribution >= 0.6 is 0 Å². The van der Waals surface area contributed by atoms with Crippen molar-refractivity contribution in [3.63, 3.8) is 0 Å². The average Bonchev–Trinajstić information content (AvgIpc) is 2.91. The van der Waals surface area contributed by atoms with E-state index >= 15 is 0 Å². The van der Waals surface area contributed by atoms with Crippen molar-refractivity contribution < 1.29 is 8.78 Å². The van der Waals surface area contributed by atoms with Gasteiger partial charge in [-0.15, -0.1) is 0 Å². The lowest BCUT2D eigenvalue weighted by Crippen LogP contribution is -2.25. The number of aromatic nitrogens is 2. The van der Waals surface area contributed by atoms with E-state index in [1.54, 1.807) is 10.9 Å². The quantitative estimate of drug-likeness (QED) is 0.844. The van der Waals surface area contributed by atoms with Crippen molar-refractivity contribution in [3.8, 4) is 0 Å². The summed E-state index contributed by atoms with van der Waals surface area (Å²) in [6, 6.07) is 3.44. The molecule has 0 saturated heterocycles. The predicted molar refractivity (Wildman–Crippen MR) is 79.0 cm³/mol. The van der Waals surface area contributed by atoms with Crippen molar-refractivity contribution in [2.45, 2.75) is 39.3 Å². The van der Waals surface area contributed by atoms with Gasteiger partial charge in [-0.05, 0) is 31.5 Å². The largest absolute Gasteiger partial charge is 0.306 e. The van der Waals surface area contributed by atoms with Crippen LogP contribution in [0.1, 0.15) is 43.9 Å². The summed E-state index contributed by atoms with van der Waals surface area (Å²) in [6.07, 6.45) is 5.37. The molecule has 1 heterocycles. The van der Waals surface area contributed by atoms with Gasteiger partial charge in [-0.1, -0.05) is 19.9 Å². The number of benzene rings is 1. The maximum absolute atomic E-state index is 14.1. The minimum Gasteiger partial charge on any atom is -0.306 e. The Kier molecular flexibility index (Phi) is 5.44. The van der Waals surface area contributed by atoms with Crippen LogP contribution in [0.15, 0.2) is 30.6 Å². The molecule has 0 saturated carbocycles. The molecule has 0 fully saturated rings. The van der Waals surface area contributed by atoms with Crippen LogP contribution < -0.4 is 5.32 Å². The summed E-state index contributed by atoms with van der Waals surface area (Å²) in [5.74, 6) is -1.07. The van der Waals surface area contributed by atoms with Crippen LogP contribution in [0.3, 0.4) is 0 Å². The number of hydrogen-bond donors (Lipinski definition) is 1. The average molecular weight is 293 g/mol. The Labute approximate surface area is 124 Å². The topological polar surface area (TPSA) is 29.9 Å². The Morgan fingerprint density at radius 2 is 1.90 bits per heavy atom. The Bertz CT molecular complexity index is 560. The predicted octanol–water partition coefficient (Wildman–Crippen LogP) is 3.66. The highest BCUT2D eigenvalue weighted by Crippen LogP contribution is 2.26. The Morgan fingerprint density at radius 3 is 2.52 bits per heavy atom. The molecule has 1 aromatic heterocycles. The number of nitrogens with zero attached hydrogens (tertiary/aromatic N) is 2. The standard InChI is InChI=1S/C16H21F2N3/c1-3-8-19-16(12-10-20-21(11-12)9-4-2)15-13(17)6-5-7-14(15)18/h5-7,10-11,16,19H,3-4,8-9H2,1-2H3. The second-order valence-electron chi connectivity index (χ2n) is 5.06. The fraction of sp³-hybridized carbons (Fsp3) is 0.438. The second-order valence-corrected chi connectivity index (χ2v) is 5.06. The third kappa shape index (κ3) is 3.67. The summed E-state index contributed by atoms with van der Waals surface area (Å²) in [5.41, 5.74) is 0.836. The van der Waals surface area contributed by atoms with Crippen LogP contribution in [0.25, 0.3) is 0 Å². The summed E-state index contributed by atoms with van der Waals surface area (Å²) in [4.78, 5) is 0. The van der Waals surface area contributed by atoms with Crippen molar-refractivity contribution in [1.29, 1.82) is 0 Å². The third-order valence-corrected chi connectivity index (χ3v) is 3.33. The van der Waals surface area contributed by atoms with Gasteiger partial charge in [0.15, 0.2) is 0 Å². The van der Waals surface area contributed by atoms with Gasteiger partial charge in [0.25, 0.3) is 0 Å². The highest BCUT2D eigenvalue weighted by atomic mass is 19.1. The van der Waals surface area contributed by atoms with Crippen molar-refractivity contribution in [1.82, 2.24) is 15.1 Å². The van der Waals surface area contributed by atoms with Gasteiger partial charge >= 0.3 is 0 Å². The maximum atomic E-state index is 14.1. The lowest BCUT2D eigenvalue weighted by atomic mass is 10.00. The zero-order valence-corrected chi connectivity index (χ0v) is 12.4. The van der Waals surface area contributed by atoms with Gasteiger partial charge in [0, 0.05) is 23.9 Å². The van der Waals surface area contributed by atoms with Crippen LogP contribution in [0.4, 0.5) is 8.78 Å². The molecular formula is C16H21F2N3. The molecule has 0 aliphatic carbocycles. The number of nitrogens with one attached hydrogen (secondary N) is 1. The molecule has 5 heteroatoms. The Morgan fingerprint density at radius 1 is 1.19 bits per heavy atom. The van der Waals surface area contributed by atoms with E-state index in [-0.39, 0.29) is 5.56 Å². The molecule has 21 heavy (non-hydrogen) atoms. The van der Waals surface area contributed by atoms with E-state index in [1.807, 2.05) is 13.1 Å². The van der Waals surface area contributed by atoms with Crippen molar-refractivity contribution >= 4 is 0 Å². The van der Waals surface area contributed by atoms with Crippen LogP contribution in [-0.4, -0.2) is 16.3 Å². The Hall–Kier alpha value is -1.75. The van der Waals surface area contributed by atoms with Crippen molar-refractivity contribution in [2.75, 3.05) is 6.54 Å². The first-order chi connectivity index (χ1) is 10.2. The molecular weight excluding hydrogens is 272 g/mol. The second kappa shape index (κ2) is 7.31. The molecule has 2 rings (SSSR count). The van der Waals surface area contributed by atoms with E-state index < -0.39 is 17.7 Å². The van der Waals surface area contributed by atoms with Crippen molar-refractivity contribution in [3.05, 3.63) is 53.4 Å². The normalized spacial score (nSPS) is 12.6. The molecule has 114 valence electrons. The molecule has 1 unspecified atom stereocenters. The molecule has 0 aliphatic rings. The lowest BCUT2D eigenvalue weighted by molar-refractivity contribution is 0.502. The zero-order valence-electron chi connectivity index (χ0n) is 12.4. The third-order valence-electron chi connectivity index (χ3n) is 3.33. The molecule has 1 N–H and O–H groups in total. The van der Waals surface area contributed by atoms with Crippen LogP contribution in [0.5, 0.6) is 0 Å². The Balaban J connectivity index is 2.37. The first kappa shape index (κ1) is 15.6. The SMILES string of the molecule is CCCNC(c1cnn(CCC)c1)c1c(F)cccc1F. The van der Waals surface area contributed by atoms with E-state index in [0.29, 0.717) is 6.54 Å². The van der Waals surface area contributed by atoms with Gasteiger partial charge in [0.05, 0.1) is 12.2 Å². The molecule has 0 amide bonds. The van der Waals surface area contributed by atoms with E-state index in [4.69, 9.17) is 0 Å². The molecule has 3 nitrogen and oxygen atoms in total. The maximum Gasteiger partial charge on any atom is 0.131 e. The molecule has 0 bridgehead atoms. The van der Waals surface area contributed by atoms with Gasteiger partial charge in [-0.3, -0.25) is 4.68 Å². The fourth-order valence-electron chi connectivity index (χ4n) is 2.34. The minimum absolute atomic E-state index is 0.0574. The molecule has 0 aliphatic heterocycles. The van der Waals surface area contributed by atoms with Crippen LogP contribution in [-0.2, 0) is 6.54 Å². The van der Waals surface area contributed by atoms with Gasteiger partial charge in [-0.25, -0.2) is 8.78 Å². The molecule has 0 radical (unpaired) electrons. The first-order valence-corrected chi connectivity index (χ1v) is 7.37. The van der Waals surface area contributed by atoms with E-state index in [2.05, 4.69) is 17.3 Å². The first-order valence-electron chi connectivity index (χ1n) is 7.37. The fourth-order valence-corrected chi connectivity index (χ4v) is 2.34. The summed E-state index contributed by atoms with van der Waals surface area (Å²) in [6.45, 7) is 5.55. The molecule has 1 atom stereocenters. The molecule has 2 aromatic rings. The number of halogens is 2. The zero-order chi connectivity index (χ0) is 15.2. The summed E-state index contributed by atoms with van der Waals surface area (Å²) < 4.78 is 29.9. The minimum atomic E-state index is -0.535. The number of rotatable bonds is 7. The molecule has 1 aromatic carbocycles. The molecule has 0 spiro atoms. The van der Waals surface area contributed by atoms with Crippen molar-refractivity contribution in [2.24, 2.45) is 0 Å². The van der Waals surface area contributed by atoms with Crippen LogP contribution in [0.2, 0.25) is 0 Å². The monoisotopic (exact) mass is 293 g/mol. The van der Waals surface area contributed by atoms with E-state index in [0.717, 1.165) is 24.9 Å². The highest BCUT2D eigenvalue weighted by Gasteiger charge is 2.22. The van der Waals surface area contributed by atoms with Gasteiger partial charge in [0.2, 0.25) is 0 Å². The lowest BCUT2D eigenvalue weighted by Gasteiger charge is -2.19. The van der Waals surface area contributed by atoms with Gasteiger partial charge in [-0.2, -0.15) is 5.10 Å². The summed E-state index contributed by atoms with van der Waals surface area (Å²) >= 11 is 0. The number of hydrogen-bond acceptors (Lipinski definition) is 2. The van der Waals surface area contributed by atoms with Crippen LogP contribution in [0, 0.1) is 11.6 Å². The van der Waals surface area contributed by atoms with E-state index in [9.17, 15) is 8.78 Å². The smallest absolute Gasteiger partial charge is 0.131 e. The highest BCUT2D eigenvalue weighted by molar-refractivity contribution is 5.31. The van der Waals surface area contributed by atoms with Gasteiger partial charge < -0.3 is 5.32 Å². The number of aryl methyl sites for hydroxylation is 1. The van der Waals surface area contributed by atoms with E-state index in [1.165, 1.54) is 18.2 Å². The summed E-state index contributed by atoms with van der Waals surface area (Å²) in [7, 11) is 0.